The highest BCUT2D eigenvalue weighted by molar-refractivity contribution is 9.10. The molecule has 6 heteroatoms. The lowest BCUT2D eigenvalue weighted by Crippen LogP contribution is -2.67. The Morgan fingerprint density at radius 2 is 2.10 bits per heavy atom. The number of nitrogens with one attached hydrogen (secondary N) is 1. The van der Waals surface area contributed by atoms with Crippen molar-refractivity contribution in [3.8, 4) is 0 Å². The standard InChI is InChI=1S/C14H18BrN3O2/c1-4-11-12(19)17-14(2,3)13(20)18(11)8-9-5-10(15)7-16-6-9/h5-7,11H,4,8H2,1-3H3,(H,17,19). The van der Waals surface area contributed by atoms with Crippen LogP contribution in [0.25, 0.3) is 0 Å². The molecule has 1 N–H and O–H groups in total. The Hall–Kier alpha value is -1.43. The lowest BCUT2D eigenvalue weighted by atomic mass is 9.95. The van der Waals surface area contributed by atoms with Gasteiger partial charge in [0.25, 0.3) is 0 Å². The minimum absolute atomic E-state index is 0.0658. The van der Waals surface area contributed by atoms with Gasteiger partial charge in [-0.05, 0) is 47.8 Å². The molecule has 1 aromatic heterocycles. The maximum atomic E-state index is 12.5. The summed E-state index contributed by atoms with van der Waals surface area (Å²) in [5, 5.41) is 2.78. The lowest BCUT2D eigenvalue weighted by Gasteiger charge is -2.42. The molecule has 0 saturated carbocycles. The Balaban J connectivity index is 2.30. The summed E-state index contributed by atoms with van der Waals surface area (Å²) in [5.74, 6) is -0.163. The molecular weight excluding hydrogens is 322 g/mol. The van der Waals surface area contributed by atoms with Crippen LogP contribution in [0, 0.1) is 0 Å². The van der Waals surface area contributed by atoms with Crippen molar-refractivity contribution in [1.82, 2.24) is 15.2 Å². The van der Waals surface area contributed by atoms with Crippen molar-refractivity contribution in [3.63, 3.8) is 0 Å². The third-order valence-corrected chi connectivity index (χ3v) is 3.84. The smallest absolute Gasteiger partial charge is 0.248 e. The molecule has 20 heavy (non-hydrogen) atoms. The zero-order valence-electron chi connectivity index (χ0n) is 11.8. The van der Waals surface area contributed by atoms with E-state index >= 15 is 0 Å². The van der Waals surface area contributed by atoms with Gasteiger partial charge in [-0.15, -0.1) is 0 Å². The molecule has 0 bridgehead atoms. The summed E-state index contributed by atoms with van der Waals surface area (Å²) in [6, 6.07) is 1.49. The zero-order valence-corrected chi connectivity index (χ0v) is 13.4. The molecule has 0 aliphatic carbocycles. The van der Waals surface area contributed by atoms with Crippen LogP contribution in [0.4, 0.5) is 0 Å². The van der Waals surface area contributed by atoms with Crippen molar-refractivity contribution in [2.75, 3.05) is 0 Å². The second-order valence-corrected chi connectivity index (χ2v) is 6.40. The van der Waals surface area contributed by atoms with Gasteiger partial charge in [0.2, 0.25) is 11.8 Å². The predicted molar refractivity (Wildman–Crippen MR) is 78.8 cm³/mol. The van der Waals surface area contributed by atoms with Crippen molar-refractivity contribution in [3.05, 3.63) is 28.5 Å². The first-order valence-electron chi connectivity index (χ1n) is 6.57. The Morgan fingerprint density at radius 3 is 2.70 bits per heavy atom. The second-order valence-electron chi connectivity index (χ2n) is 5.48. The first kappa shape index (κ1) is 15.0. The van der Waals surface area contributed by atoms with Gasteiger partial charge in [0.05, 0.1) is 0 Å². The van der Waals surface area contributed by atoms with E-state index < -0.39 is 11.6 Å². The van der Waals surface area contributed by atoms with E-state index in [4.69, 9.17) is 0 Å². The SMILES string of the molecule is CCC1C(=O)NC(C)(C)C(=O)N1Cc1cncc(Br)c1. The first-order chi connectivity index (χ1) is 9.35. The number of halogens is 1. The number of carbonyl (C=O) groups is 2. The van der Waals surface area contributed by atoms with Crippen LogP contribution in [0.15, 0.2) is 22.9 Å². The van der Waals surface area contributed by atoms with Crippen molar-refractivity contribution >= 4 is 27.7 Å². The molecule has 108 valence electrons. The van der Waals surface area contributed by atoms with Gasteiger partial charge in [-0.1, -0.05) is 6.92 Å². The van der Waals surface area contributed by atoms with Crippen molar-refractivity contribution < 1.29 is 9.59 Å². The average molecular weight is 340 g/mol. The highest BCUT2D eigenvalue weighted by atomic mass is 79.9. The van der Waals surface area contributed by atoms with E-state index in [1.807, 2.05) is 13.0 Å². The maximum absolute atomic E-state index is 12.5. The summed E-state index contributed by atoms with van der Waals surface area (Å²) in [7, 11) is 0. The average Bonchev–Trinajstić information content (AvgIpc) is 2.35. The Labute approximate surface area is 126 Å². The van der Waals surface area contributed by atoms with Gasteiger partial charge in [-0.25, -0.2) is 0 Å². The summed E-state index contributed by atoms with van der Waals surface area (Å²) >= 11 is 3.36. The van der Waals surface area contributed by atoms with Crippen molar-refractivity contribution in [2.24, 2.45) is 0 Å². The highest BCUT2D eigenvalue weighted by Gasteiger charge is 2.44. The third kappa shape index (κ3) is 2.85. The maximum Gasteiger partial charge on any atom is 0.248 e. The van der Waals surface area contributed by atoms with Gasteiger partial charge in [0, 0.05) is 23.4 Å². The number of nitrogens with zero attached hydrogens (tertiary/aromatic N) is 2. The van der Waals surface area contributed by atoms with Crippen LogP contribution < -0.4 is 5.32 Å². The number of rotatable bonds is 3. The van der Waals surface area contributed by atoms with E-state index in [-0.39, 0.29) is 11.8 Å². The number of amides is 2. The molecule has 2 heterocycles. The Morgan fingerprint density at radius 1 is 1.40 bits per heavy atom. The fourth-order valence-electron chi connectivity index (χ4n) is 2.41. The minimum Gasteiger partial charge on any atom is -0.340 e. The number of piperazine rings is 1. The van der Waals surface area contributed by atoms with E-state index in [1.54, 1.807) is 31.1 Å². The van der Waals surface area contributed by atoms with Crippen LogP contribution in [0.5, 0.6) is 0 Å². The number of aromatic nitrogens is 1. The van der Waals surface area contributed by atoms with Gasteiger partial charge in [-0.3, -0.25) is 14.6 Å². The second kappa shape index (κ2) is 5.52. The van der Waals surface area contributed by atoms with Crippen LogP contribution >= 0.6 is 15.9 Å². The number of hydrogen-bond donors (Lipinski definition) is 1. The van der Waals surface area contributed by atoms with Crippen molar-refractivity contribution in [2.45, 2.75) is 45.3 Å². The van der Waals surface area contributed by atoms with Gasteiger partial charge < -0.3 is 10.2 Å². The van der Waals surface area contributed by atoms with Gasteiger partial charge in [0.15, 0.2) is 0 Å². The predicted octanol–water partition coefficient (Wildman–Crippen LogP) is 1.86. The van der Waals surface area contributed by atoms with Crippen molar-refractivity contribution in [1.29, 1.82) is 0 Å². The molecule has 1 aromatic rings. The quantitative estimate of drug-likeness (QED) is 0.914. The van der Waals surface area contributed by atoms with Gasteiger partial charge >= 0.3 is 0 Å². The van der Waals surface area contributed by atoms with E-state index in [2.05, 4.69) is 26.2 Å². The number of pyridine rings is 1. The van der Waals surface area contributed by atoms with Gasteiger partial charge in [-0.2, -0.15) is 0 Å². The summed E-state index contributed by atoms with van der Waals surface area (Å²) in [6.45, 7) is 5.75. The van der Waals surface area contributed by atoms with Crippen LogP contribution in [0.1, 0.15) is 32.8 Å². The molecule has 0 spiro atoms. The normalized spacial score (nSPS) is 21.8. The third-order valence-electron chi connectivity index (χ3n) is 3.41. The molecule has 1 aliphatic heterocycles. The topological polar surface area (TPSA) is 62.3 Å². The molecule has 1 saturated heterocycles. The zero-order chi connectivity index (χ0) is 14.9. The molecule has 1 aliphatic rings. The summed E-state index contributed by atoms with van der Waals surface area (Å²) in [6.07, 6.45) is 3.99. The minimum atomic E-state index is -0.859. The largest absolute Gasteiger partial charge is 0.340 e. The van der Waals surface area contributed by atoms with E-state index in [9.17, 15) is 9.59 Å². The fraction of sp³-hybridized carbons (Fsp3) is 0.500. The highest BCUT2D eigenvalue weighted by Crippen LogP contribution is 2.22. The number of carbonyl (C=O) groups excluding carboxylic acids is 2. The first-order valence-corrected chi connectivity index (χ1v) is 7.37. The molecule has 2 amide bonds. The Kier molecular flexibility index (Phi) is 4.13. The van der Waals surface area contributed by atoms with Crippen LogP contribution in [0.3, 0.4) is 0 Å². The van der Waals surface area contributed by atoms with E-state index in [0.29, 0.717) is 13.0 Å². The molecule has 1 fully saturated rings. The van der Waals surface area contributed by atoms with Gasteiger partial charge in [0.1, 0.15) is 11.6 Å². The molecule has 2 rings (SSSR count). The molecule has 1 atom stereocenters. The Bertz CT molecular complexity index is 545. The van der Waals surface area contributed by atoms with Crippen LogP contribution in [-0.2, 0) is 16.1 Å². The molecule has 0 radical (unpaired) electrons. The van der Waals surface area contributed by atoms with Crippen LogP contribution in [-0.4, -0.2) is 33.3 Å². The fourth-order valence-corrected chi connectivity index (χ4v) is 2.83. The summed E-state index contributed by atoms with van der Waals surface area (Å²) < 4.78 is 0.858. The lowest BCUT2D eigenvalue weighted by molar-refractivity contribution is -0.154. The number of hydrogen-bond acceptors (Lipinski definition) is 3. The van der Waals surface area contributed by atoms with Crippen LogP contribution in [0.2, 0.25) is 0 Å². The summed E-state index contributed by atoms with van der Waals surface area (Å²) in [5.41, 5.74) is 0.0408. The van der Waals surface area contributed by atoms with E-state index in [0.717, 1.165) is 10.0 Å². The molecule has 0 aromatic carbocycles. The molecule has 5 nitrogen and oxygen atoms in total. The molecule has 1 unspecified atom stereocenters. The monoisotopic (exact) mass is 339 g/mol. The summed E-state index contributed by atoms with van der Waals surface area (Å²) in [4.78, 5) is 30.4. The van der Waals surface area contributed by atoms with E-state index in [1.165, 1.54) is 0 Å². The molecular formula is C14H18BrN3O2.